The molecule has 2 amide bonds. The fourth-order valence-corrected chi connectivity index (χ4v) is 3.64. The first-order chi connectivity index (χ1) is 13.9. The number of piperazine rings is 1. The van der Waals surface area contributed by atoms with Gasteiger partial charge in [0, 0.05) is 45.6 Å². The van der Waals surface area contributed by atoms with Crippen LogP contribution in [-0.4, -0.2) is 68.7 Å². The monoisotopic (exact) mass is 394 g/mol. The average molecular weight is 394 g/mol. The summed E-state index contributed by atoms with van der Waals surface area (Å²) in [5.41, 5.74) is 6.81. The van der Waals surface area contributed by atoms with Gasteiger partial charge in [-0.1, -0.05) is 18.2 Å². The SMILES string of the molecule is Cn1cc(C(=O)N2CCN(CC(N)=O)CC2)c2nn(-c3ccccc3)c(=O)c-2c1. The van der Waals surface area contributed by atoms with Gasteiger partial charge in [0.15, 0.2) is 0 Å². The van der Waals surface area contributed by atoms with Crippen LogP contribution in [0, 0.1) is 0 Å². The molecule has 2 N–H and O–H groups in total. The molecule has 9 nitrogen and oxygen atoms in total. The van der Waals surface area contributed by atoms with Gasteiger partial charge in [0.2, 0.25) is 5.91 Å². The molecule has 0 atom stereocenters. The largest absolute Gasteiger partial charge is 0.369 e. The maximum atomic E-state index is 13.2. The lowest BCUT2D eigenvalue weighted by molar-refractivity contribution is -0.119. The standard InChI is InChI=1S/C20H22N6O3/c1-23-11-15(19(28)25-9-7-24(8-10-25)13-17(21)27)18-16(12-23)20(29)26(22-18)14-5-3-2-4-6-14/h2-6,11-12H,7-10,13H2,1H3,(H2,21,27). The molecule has 29 heavy (non-hydrogen) atoms. The van der Waals surface area contributed by atoms with Gasteiger partial charge in [-0.2, -0.15) is 9.78 Å². The zero-order chi connectivity index (χ0) is 20.5. The summed E-state index contributed by atoms with van der Waals surface area (Å²) in [6.07, 6.45) is 3.38. The first-order valence-electron chi connectivity index (χ1n) is 9.38. The van der Waals surface area contributed by atoms with Crippen LogP contribution >= 0.6 is 0 Å². The number of aryl methyl sites for hydroxylation is 1. The predicted molar refractivity (Wildman–Crippen MR) is 107 cm³/mol. The molecular formula is C20H22N6O3. The lowest BCUT2D eigenvalue weighted by atomic mass is 10.1. The Kier molecular flexibility index (Phi) is 4.89. The van der Waals surface area contributed by atoms with Crippen LogP contribution in [0.3, 0.4) is 0 Å². The second-order valence-corrected chi connectivity index (χ2v) is 7.19. The molecule has 0 radical (unpaired) electrons. The van der Waals surface area contributed by atoms with E-state index in [9.17, 15) is 14.4 Å². The Morgan fingerprint density at radius 2 is 1.76 bits per heavy atom. The van der Waals surface area contributed by atoms with Gasteiger partial charge in [0.25, 0.3) is 11.5 Å². The predicted octanol–water partition coefficient (Wildman–Crippen LogP) is -0.0811. The number of hydrogen-bond acceptors (Lipinski definition) is 5. The molecule has 0 saturated carbocycles. The highest BCUT2D eigenvalue weighted by Gasteiger charge is 2.29. The summed E-state index contributed by atoms with van der Waals surface area (Å²) in [5, 5.41) is 4.47. The molecule has 9 heteroatoms. The zero-order valence-electron chi connectivity index (χ0n) is 16.1. The second-order valence-electron chi connectivity index (χ2n) is 7.19. The van der Waals surface area contributed by atoms with Gasteiger partial charge in [-0.3, -0.25) is 19.3 Å². The van der Waals surface area contributed by atoms with E-state index >= 15 is 0 Å². The first-order valence-corrected chi connectivity index (χ1v) is 9.38. The summed E-state index contributed by atoms with van der Waals surface area (Å²) in [5.74, 6) is -0.557. The van der Waals surface area contributed by atoms with Crippen molar-refractivity contribution < 1.29 is 9.59 Å². The van der Waals surface area contributed by atoms with Crippen LogP contribution in [0.4, 0.5) is 0 Å². The van der Waals surface area contributed by atoms with E-state index in [4.69, 9.17) is 5.73 Å². The minimum Gasteiger partial charge on any atom is -0.369 e. The van der Waals surface area contributed by atoms with Crippen molar-refractivity contribution in [2.45, 2.75) is 0 Å². The van der Waals surface area contributed by atoms with Crippen LogP contribution in [0.5, 0.6) is 0 Å². The smallest absolute Gasteiger partial charge is 0.282 e. The van der Waals surface area contributed by atoms with Crippen molar-refractivity contribution in [2.75, 3.05) is 32.7 Å². The van der Waals surface area contributed by atoms with Crippen molar-refractivity contribution in [3.8, 4) is 16.9 Å². The number of primary amides is 1. The number of nitrogens with zero attached hydrogens (tertiary/aromatic N) is 5. The maximum absolute atomic E-state index is 13.2. The molecule has 1 aromatic rings. The highest BCUT2D eigenvalue weighted by Crippen LogP contribution is 2.23. The van der Waals surface area contributed by atoms with Crippen LogP contribution in [0.15, 0.2) is 47.5 Å². The quantitative estimate of drug-likeness (QED) is 0.666. The number of nitrogens with two attached hydrogens (primary N) is 1. The topological polar surface area (TPSA) is 106 Å². The van der Waals surface area contributed by atoms with Crippen molar-refractivity contribution in [3.05, 3.63) is 58.6 Å². The molecule has 150 valence electrons. The number of aromatic nitrogens is 3. The molecule has 3 aliphatic heterocycles. The van der Waals surface area contributed by atoms with Gasteiger partial charge < -0.3 is 15.2 Å². The molecule has 4 rings (SSSR count). The third-order valence-electron chi connectivity index (χ3n) is 5.07. The van der Waals surface area contributed by atoms with E-state index in [1.54, 1.807) is 41.0 Å². The van der Waals surface area contributed by atoms with Crippen molar-refractivity contribution in [2.24, 2.45) is 12.8 Å². The van der Waals surface area contributed by atoms with Crippen molar-refractivity contribution in [1.29, 1.82) is 0 Å². The van der Waals surface area contributed by atoms with E-state index in [1.165, 1.54) is 4.68 Å². The Bertz CT molecular complexity index is 1080. The van der Waals surface area contributed by atoms with Gasteiger partial charge in [0.1, 0.15) is 5.69 Å². The minimum atomic E-state index is -0.379. The highest BCUT2D eigenvalue weighted by atomic mass is 16.2. The summed E-state index contributed by atoms with van der Waals surface area (Å²) < 4.78 is 3.03. The third-order valence-corrected chi connectivity index (χ3v) is 5.07. The Morgan fingerprint density at radius 1 is 1.07 bits per heavy atom. The Hall–Kier alpha value is -3.46. The van der Waals surface area contributed by atoms with Crippen molar-refractivity contribution in [3.63, 3.8) is 0 Å². The summed E-state index contributed by atoms with van der Waals surface area (Å²) in [4.78, 5) is 40.8. The van der Waals surface area contributed by atoms with E-state index in [0.29, 0.717) is 48.7 Å². The number of pyridine rings is 1. The van der Waals surface area contributed by atoms with E-state index in [1.807, 2.05) is 23.1 Å². The Morgan fingerprint density at radius 3 is 2.41 bits per heavy atom. The number of rotatable bonds is 4. The molecule has 0 aromatic heterocycles. The number of fused-ring (bicyclic) bond motifs is 1. The van der Waals surface area contributed by atoms with E-state index in [0.717, 1.165) is 0 Å². The molecule has 1 aromatic carbocycles. The van der Waals surface area contributed by atoms with Gasteiger partial charge in [-0.15, -0.1) is 0 Å². The highest BCUT2D eigenvalue weighted by molar-refractivity contribution is 6.00. The minimum absolute atomic E-state index is 0.178. The summed E-state index contributed by atoms with van der Waals surface area (Å²) in [7, 11) is 1.78. The van der Waals surface area contributed by atoms with Crippen molar-refractivity contribution in [1.82, 2.24) is 24.1 Å². The molecule has 3 aliphatic rings. The number of carbonyl (C=O) groups excluding carboxylic acids is 2. The van der Waals surface area contributed by atoms with Crippen molar-refractivity contribution >= 4 is 11.8 Å². The van der Waals surface area contributed by atoms with E-state index < -0.39 is 0 Å². The van der Waals surface area contributed by atoms with Crippen LogP contribution in [0.2, 0.25) is 0 Å². The Balaban J connectivity index is 1.66. The lowest BCUT2D eigenvalue weighted by Crippen LogP contribution is -2.50. The van der Waals surface area contributed by atoms with Gasteiger partial charge in [-0.05, 0) is 12.1 Å². The number of hydrogen-bond donors (Lipinski definition) is 1. The van der Waals surface area contributed by atoms with Crippen LogP contribution in [0.25, 0.3) is 16.9 Å². The van der Waals surface area contributed by atoms with Gasteiger partial charge in [-0.25, -0.2) is 0 Å². The maximum Gasteiger partial charge on any atom is 0.282 e. The van der Waals surface area contributed by atoms with E-state index in [2.05, 4.69) is 5.10 Å². The molecule has 0 aliphatic carbocycles. The fraction of sp³-hybridized carbons (Fsp3) is 0.300. The summed E-state index contributed by atoms with van der Waals surface area (Å²) >= 11 is 0. The van der Waals surface area contributed by atoms with Gasteiger partial charge >= 0.3 is 0 Å². The molecule has 1 saturated heterocycles. The second kappa shape index (κ2) is 7.51. The molecule has 0 unspecified atom stereocenters. The summed E-state index contributed by atoms with van der Waals surface area (Å²) in [6, 6.07) is 9.13. The Labute approximate surface area is 167 Å². The van der Waals surface area contributed by atoms with Crippen LogP contribution in [0.1, 0.15) is 10.4 Å². The molecule has 3 heterocycles. The number of para-hydroxylation sites is 1. The first kappa shape index (κ1) is 18.9. The van der Waals surface area contributed by atoms with E-state index in [-0.39, 0.29) is 23.9 Å². The molecular weight excluding hydrogens is 372 g/mol. The lowest BCUT2D eigenvalue weighted by Gasteiger charge is -2.34. The number of benzene rings is 1. The molecule has 0 spiro atoms. The van der Waals surface area contributed by atoms with Crippen LogP contribution in [-0.2, 0) is 11.8 Å². The third kappa shape index (κ3) is 3.64. The zero-order valence-corrected chi connectivity index (χ0v) is 16.1. The molecule has 1 fully saturated rings. The normalized spacial score (nSPS) is 15.0. The average Bonchev–Trinajstić information content (AvgIpc) is 3.04. The fourth-order valence-electron chi connectivity index (χ4n) is 3.64. The molecule has 0 bridgehead atoms. The number of amides is 2. The van der Waals surface area contributed by atoms with Gasteiger partial charge in [0.05, 0.1) is 23.4 Å². The summed E-state index contributed by atoms with van der Waals surface area (Å²) in [6.45, 7) is 2.30. The number of carbonyl (C=O) groups is 2. The van der Waals surface area contributed by atoms with Crippen LogP contribution < -0.4 is 11.3 Å².